The van der Waals surface area contributed by atoms with Crippen LogP contribution in [0.15, 0.2) is 11.6 Å². The Labute approximate surface area is 141 Å². The Morgan fingerprint density at radius 2 is 2.13 bits per heavy atom. The highest BCUT2D eigenvalue weighted by Crippen LogP contribution is 2.42. The first-order valence-corrected chi connectivity index (χ1v) is 9.56. The Hall–Kier alpha value is -0.980. The number of aliphatic hydroxyl groups excluding tert-OH is 1. The van der Waals surface area contributed by atoms with Crippen LogP contribution in [0.1, 0.15) is 37.7 Å². The molecule has 1 aromatic heterocycles. The monoisotopic (exact) mass is 335 g/mol. The van der Waals surface area contributed by atoms with E-state index in [9.17, 15) is 9.90 Å². The van der Waals surface area contributed by atoms with Crippen molar-refractivity contribution in [2.45, 2.75) is 44.8 Å². The van der Waals surface area contributed by atoms with E-state index in [0.717, 1.165) is 39.0 Å². The van der Waals surface area contributed by atoms with E-state index < -0.39 is 0 Å². The fraction of sp³-hybridized carbons (Fsp3) is 0.765. The molecule has 0 radical (unpaired) electrons. The van der Waals surface area contributed by atoms with E-state index in [2.05, 4.69) is 14.7 Å². The van der Waals surface area contributed by atoms with Gasteiger partial charge in [-0.25, -0.2) is 4.37 Å². The van der Waals surface area contributed by atoms with Gasteiger partial charge in [0.2, 0.25) is 5.91 Å². The van der Waals surface area contributed by atoms with Crippen LogP contribution in [0.25, 0.3) is 0 Å². The summed E-state index contributed by atoms with van der Waals surface area (Å²) in [4.78, 5) is 17.4. The second-order valence-corrected chi connectivity index (χ2v) is 8.26. The number of carbonyl (C=O) groups excluding carboxylic acids is 1. The third-order valence-electron chi connectivity index (χ3n) is 5.68. The van der Waals surface area contributed by atoms with Crippen molar-refractivity contribution in [2.75, 3.05) is 26.2 Å². The Balaban J connectivity index is 1.40. The van der Waals surface area contributed by atoms with E-state index in [-0.39, 0.29) is 11.5 Å². The van der Waals surface area contributed by atoms with Crippen molar-refractivity contribution in [1.82, 2.24) is 14.2 Å². The van der Waals surface area contributed by atoms with Crippen LogP contribution in [0.4, 0.5) is 0 Å². The molecule has 2 saturated heterocycles. The van der Waals surface area contributed by atoms with Gasteiger partial charge in [0.05, 0.1) is 11.5 Å². The molecule has 1 amide bonds. The van der Waals surface area contributed by atoms with Gasteiger partial charge >= 0.3 is 0 Å². The quantitative estimate of drug-likeness (QED) is 0.910. The summed E-state index contributed by atoms with van der Waals surface area (Å²) in [5.41, 5.74) is 0.951. The maximum absolute atomic E-state index is 13.0. The fourth-order valence-electron chi connectivity index (χ4n) is 4.17. The topological polar surface area (TPSA) is 56.7 Å². The molecule has 2 aliphatic heterocycles. The van der Waals surface area contributed by atoms with E-state index in [1.165, 1.54) is 29.9 Å². The van der Waals surface area contributed by atoms with Gasteiger partial charge in [-0.1, -0.05) is 0 Å². The van der Waals surface area contributed by atoms with Crippen LogP contribution in [0, 0.1) is 11.3 Å². The lowest BCUT2D eigenvalue weighted by molar-refractivity contribution is -0.157. The molecule has 6 heteroatoms. The molecular weight excluding hydrogens is 310 g/mol. The summed E-state index contributed by atoms with van der Waals surface area (Å²) in [5.74, 6) is 0.999. The van der Waals surface area contributed by atoms with Crippen molar-refractivity contribution in [3.8, 4) is 0 Å². The number of carbonyl (C=O) groups is 1. The molecule has 1 atom stereocenters. The summed E-state index contributed by atoms with van der Waals surface area (Å²) in [6.45, 7) is 4.20. The van der Waals surface area contributed by atoms with Crippen LogP contribution >= 0.6 is 11.5 Å². The van der Waals surface area contributed by atoms with E-state index in [1.54, 1.807) is 0 Å². The standard InChI is InChI=1S/C17H25N3O2S/c21-15-7-17(16(22)20(11-15)10-13-1-2-13)3-5-19(6-4-17)9-14-8-18-23-12-14/h8,12-13,15,21H,1-7,9-11H2. The van der Waals surface area contributed by atoms with Crippen LogP contribution in [0.5, 0.6) is 0 Å². The Morgan fingerprint density at radius 3 is 2.78 bits per heavy atom. The van der Waals surface area contributed by atoms with Crippen molar-refractivity contribution in [2.24, 2.45) is 11.3 Å². The van der Waals surface area contributed by atoms with E-state index in [4.69, 9.17) is 0 Å². The molecule has 3 heterocycles. The lowest BCUT2D eigenvalue weighted by Crippen LogP contribution is -2.57. The number of nitrogens with zero attached hydrogens (tertiary/aromatic N) is 3. The number of piperidine rings is 2. The molecule has 1 N–H and O–H groups in total. The number of aromatic nitrogens is 1. The summed E-state index contributed by atoms with van der Waals surface area (Å²) >= 11 is 1.49. The molecule has 1 unspecified atom stereocenters. The average Bonchev–Trinajstić information content (AvgIpc) is 3.20. The predicted molar refractivity (Wildman–Crippen MR) is 89.0 cm³/mol. The number of hydrogen-bond donors (Lipinski definition) is 1. The molecule has 3 fully saturated rings. The predicted octanol–water partition coefficient (Wildman–Crippen LogP) is 1.73. The molecule has 3 aliphatic rings. The van der Waals surface area contributed by atoms with Gasteiger partial charge in [-0.3, -0.25) is 9.69 Å². The maximum atomic E-state index is 13.0. The van der Waals surface area contributed by atoms with Crippen LogP contribution in [0.2, 0.25) is 0 Å². The van der Waals surface area contributed by atoms with E-state index in [0.29, 0.717) is 24.8 Å². The average molecular weight is 335 g/mol. The lowest BCUT2D eigenvalue weighted by atomic mass is 9.70. The molecule has 1 aliphatic carbocycles. The Kier molecular flexibility index (Phi) is 4.15. The summed E-state index contributed by atoms with van der Waals surface area (Å²) in [6.07, 6.45) is 6.48. The zero-order chi connectivity index (χ0) is 15.9. The van der Waals surface area contributed by atoms with Gasteiger partial charge in [0, 0.05) is 31.2 Å². The summed E-state index contributed by atoms with van der Waals surface area (Å²) in [6, 6.07) is 0. The van der Waals surface area contributed by atoms with Crippen LogP contribution in [-0.4, -0.2) is 57.5 Å². The number of hydrogen-bond acceptors (Lipinski definition) is 5. The normalized spacial score (nSPS) is 28.5. The third kappa shape index (κ3) is 3.30. The first kappa shape index (κ1) is 15.5. The van der Waals surface area contributed by atoms with Gasteiger partial charge < -0.3 is 10.0 Å². The van der Waals surface area contributed by atoms with Gasteiger partial charge in [0.25, 0.3) is 0 Å². The second-order valence-electron chi connectivity index (χ2n) is 7.60. The number of aliphatic hydroxyl groups is 1. The van der Waals surface area contributed by atoms with Crippen LogP contribution in [-0.2, 0) is 11.3 Å². The first-order chi connectivity index (χ1) is 11.1. The van der Waals surface area contributed by atoms with Crippen molar-refractivity contribution in [1.29, 1.82) is 0 Å². The van der Waals surface area contributed by atoms with Gasteiger partial charge in [0.15, 0.2) is 0 Å². The molecular formula is C17H25N3O2S. The third-order valence-corrected chi connectivity index (χ3v) is 6.31. The van der Waals surface area contributed by atoms with E-state index >= 15 is 0 Å². The first-order valence-electron chi connectivity index (χ1n) is 8.73. The molecule has 0 aromatic carbocycles. The summed E-state index contributed by atoms with van der Waals surface area (Å²) in [7, 11) is 0. The minimum absolute atomic E-state index is 0.310. The highest BCUT2D eigenvalue weighted by atomic mass is 32.1. The summed E-state index contributed by atoms with van der Waals surface area (Å²) in [5, 5.41) is 12.4. The van der Waals surface area contributed by atoms with Crippen LogP contribution < -0.4 is 0 Å². The van der Waals surface area contributed by atoms with Gasteiger partial charge in [-0.15, -0.1) is 0 Å². The molecule has 4 rings (SSSR count). The van der Waals surface area contributed by atoms with Crippen molar-refractivity contribution >= 4 is 17.4 Å². The highest BCUT2D eigenvalue weighted by Gasteiger charge is 2.49. The molecule has 1 spiro atoms. The van der Waals surface area contributed by atoms with Gasteiger partial charge in [-0.2, -0.15) is 0 Å². The number of β-amino-alcohol motifs (C(OH)–C–C–N with tert-alkyl or cyclic N) is 1. The zero-order valence-corrected chi connectivity index (χ0v) is 14.3. The van der Waals surface area contributed by atoms with Crippen molar-refractivity contribution in [3.63, 3.8) is 0 Å². The maximum Gasteiger partial charge on any atom is 0.229 e. The number of likely N-dealkylation sites (tertiary alicyclic amines) is 2. The minimum Gasteiger partial charge on any atom is -0.391 e. The Morgan fingerprint density at radius 1 is 1.35 bits per heavy atom. The van der Waals surface area contributed by atoms with Crippen LogP contribution in [0.3, 0.4) is 0 Å². The molecule has 1 aromatic rings. The summed E-state index contributed by atoms with van der Waals surface area (Å²) < 4.78 is 4.16. The fourth-order valence-corrected chi connectivity index (χ4v) is 4.69. The second kappa shape index (κ2) is 6.15. The molecule has 23 heavy (non-hydrogen) atoms. The largest absolute Gasteiger partial charge is 0.391 e. The van der Waals surface area contributed by atoms with Crippen molar-refractivity contribution < 1.29 is 9.90 Å². The number of rotatable bonds is 4. The zero-order valence-electron chi connectivity index (χ0n) is 13.5. The molecule has 5 nitrogen and oxygen atoms in total. The number of amides is 1. The minimum atomic E-state index is -0.348. The smallest absolute Gasteiger partial charge is 0.229 e. The highest BCUT2D eigenvalue weighted by molar-refractivity contribution is 7.03. The molecule has 126 valence electrons. The van der Waals surface area contributed by atoms with Gasteiger partial charge in [0.1, 0.15) is 0 Å². The van der Waals surface area contributed by atoms with Gasteiger partial charge in [-0.05, 0) is 68.2 Å². The SMILES string of the molecule is O=C1N(CC2CC2)CC(O)CC12CCN(Cc1cnsc1)CC2. The van der Waals surface area contributed by atoms with Crippen molar-refractivity contribution in [3.05, 3.63) is 17.1 Å². The lowest BCUT2D eigenvalue weighted by Gasteiger charge is -2.48. The Bertz CT molecular complexity index is 548. The molecule has 1 saturated carbocycles. The molecule has 0 bridgehead atoms. The van der Waals surface area contributed by atoms with E-state index in [1.807, 2.05) is 11.1 Å².